The lowest BCUT2D eigenvalue weighted by Gasteiger charge is -2.41. The van der Waals surface area contributed by atoms with E-state index < -0.39 is 0 Å². The van der Waals surface area contributed by atoms with Crippen molar-refractivity contribution in [1.29, 1.82) is 0 Å². The largest absolute Gasteiger partial charge is 0.341 e. The van der Waals surface area contributed by atoms with Crippen LogP contribution < -0.4 is 5.73 Å². The molecule has 4 heteroatoms. The number of carbonyl (C=O) groups excluding carboxylic acids is 1. The Labute approximate surface area is 123 Å². The van der Waals surface area contributed by atoms with Crippen LogP contribution in [0.25, 0.3) is 0 Å². The lowest BCUT2D eigenvalue weighted by Crippen LogP contribution is -2.54. The zero-order chi connectivity index (χ0) is 14.6. The predicted octanol–water partition coefficient (Wildman–Crippen LogP) is 1.84. The molecule has 2 fully saturated rings. The van der Waals surface area contributed by atoms with E-state index in [1.54, 1.807) is 0 Å². The average Bonchev–Trinajstić information content (AvgIpc) is 2.73. The molecule has 116 valence electrons. The van der Waals surface area contributed by atoms with Crippen LogP contribution in [0.4, 0.5) is 0 Å². The van der Waals surface area contributed by atoms with Crippen molar-refractivity contribution in [2.75, 3.05) is 33.7 Å². The highest BCUT2D eigenvalue weighted by atomic mass is 16.2. The molecule has 0 aromatic rings. The van der Waals surface area contributed by atoms with E-state index in [-0.39, 0.29) is 5.41 Å². The van der Waals surface area contributed by atoms with Crippen LogP contribution in [0.5, 0.6) is 0 Å². The molecule has 1 saturated heterocycles. The molecular formula is C16H31N3O. The predicted molar refractivity (Wildman–Crippen MR) is 82.5 cm³/mol. The smallest absolute Gasteiger partial charge is 0.230 e. The van der Waals surface area contributed by atoms with Gasteiger partial charge >= 0.3 is 0 Å². The maximum Gasteiger partial charge on any atom is 0.230 e. The number of rotatable bonds is 3. The highest BCUT2D eigenvalue weighted by Crippen LogP contribution is 2.36. The monoisotopic (exact) mass is 281 g/mol. The van der Waals surface area contributed by atoms with E-state index in [9.17, 15) is 4.79 Å². The Morgan fingerprint density at radius 2 is 1.85 bits per heavy atom. The van der Waals surface area contributed by atoms with Gasteiger partial charge in [0.25, 0.3) is 0 Å². The number of hydrogen-bond acceptors (Lipinski definition) is 3. The number of piperidine rings is 1. The molecule has 0 aromatic carbocycles. The standard InChI is InChI=1S/C16H31N3O/c1-18(2)14-8-7-11-19(12-14)15(20)16(13-17)9-5-3-4-6-10-16/h14H,3-13,17H2,1-2H3. The summed E-state index contributed by atoms with van der Waals surface area (Å²) in [4.78, 5) is 17.4. The van der Waals surface area contributed by atoms with Gasteiger partial charge in [-0.3, -0.25) is 4.79 Å². The number of carbonyl (C=O) groups is 1. The summed E-state index contributed by atoms with van der Waals surface area (Å²) in [5, 5.41) is 0. The molecule has 1 unspecified atom stereocenters. The first-order valence-corrected chi connectivity index (χ1v) is 8.25. The number of amides is 1. The van der Waals surface area contributed by atoms with Crippen molar-refractivity contribution in [3.05, 3.63) is 0 Å². The highest BCUT2D eigenvalue weighted by Gasteiger charge is 2.41. The number of likely N-dealkylation sites (tertiary alicyclic amines) is 1. The molecule has 4 nitrogen and oxygen atoms in total. The molecule has 1 aliphatic carbocycles. The lowest BCUT2D eigenvalue weighted by atomic mass is 9.78. The fourth-order valence-electron chi connectivity index (χ4n) is 3.81. The average molecular weight is 281 g/mol. The molecule has 1 amide bonds. The summed E-state index contributed by atoms with van der Waals surface area (Å²) in [6.07, 6.45) is 9.14. The minimum atomic E-state index is -0.259. The second-order valence-electron chi connectivity index (χ2n) is 6.91. The van der Waals surface area contributed by atoms with Gasteiger partial charge in [0, 0.05) is 25.7 Å². The van der Waals surface area contributed by atoms with Crippen LogP contribution in [-0.2, 0) is 4.79 Å². The summed E-state index contributed by atoms with van der Waals surface area (Å²) in [5.74, 6) is 0.341. The first-order chi connectivity index (χ1) is 9.59. The van der Waals surface area contributed by atoms with Gasteiger partial charge in [0.05, 0.1) is 5.41 Å². The van der Waals surface area contributed by atoms with Crippen molar-refractivity contribution in [2.24, 2.45) is 11.1 Å². The summed E-state index contributed by atoms with van der Waals surface area (Å²) < 4.78 is 0. The van der Waals surface area contributed by atoms with Gasteiger partial charge in [-0.25, -0.2) is 0 Å². The van der Waals surface area contributed by atoms with Gasteiger partial charge in [0.15, 0.2) is 0 Å². The molecule has 2 rings (SSSR count). The van der Waals surface area contributed by atoms with E-state index in [1.807, 2.05) is 0 Å². The van der Waals surface area contributed by atoms with E-state index in [0.717, 1.165) is 45.2 Å². The van der Waals surface area contributed by atoms with Gasteiger partial charge in [-0.05, 0) is 39.8 Å². The summed E-state index contributed by atoms with van der Waals surface area (Å²) in [7, 11) is 4.23. The fraction of sp³-hybridized carbons (Fsp3) is 0.938. The molecule has 0 aromatic heterocycles. The molecule has 0 bridgehead atoms. The van der Waals surface area contributed by atoms with Gasteiger partial charge < -0.3 is 15.5 Å². The minimum absolute atomic E-state index is 0.259. The van der Waals surface area contributed by atoms with E-state index in [1.165, 1.54) is 19.3 Å². The third-order valence-electron chi connectivity index (χ3n) is 5.32. The van der Waals surface area contributed by atoms with Crippen molar-refractivity contribution >= 4 is 5.91 Å². The first kappa shape index (κ1) is 15.8. The maximum atomic E-state index is 13.1. The summed E-state index contributed by atoms with van der Waals surface area (Å²) in [6, 6.07) is 0.508. The maximum absolute atomic E-state index is 13.1. The summed E-state index contributed by atoms with van der Waals surface area (Å²) in [6.45, 7) is 2.33. The van der Waals surface area contributed by atoms with Crippen LogP contribution in [-0.4, -0.2) is 55.5 Å². The molecule has 1 saturated carbocycles. The Kier molecular flexibility index (Phi) is 5.44. The van der Waals surface area contributed by atoms with Crippen LogP contribution >= 0.6 is 0 Å². The number of hydrogen-bond donors (Lipinski definition) is 1. The summed E-state index contributed by atoms with van der Waals surface area (Å²) in [5.41, 5.74) is 5.79. The van der Waals surface area contributed by atoms with Gasteiger partial charge in [-0.1, -0.05) is 25.7 Å². The zero-order valence-corrected chi connectivity index (χ0v) is 13.2. The molecule has 2 aliphatic rings. The van der Waals surface area contributed by atoms with Crippen molar-refractivity contribution in [3.63, 3.8) is 0 Å². The number of nitrogens with two attached hydrogens (primary N) is 1. The van der Waals surface area contributed by atoms with E-state index in [0.29, 0.717) is 18.5 Å². The minimum Gasteiger partial charge on any atom is -0.341 e. The van der Waals surface area contributed by atoms with Gasteiger partial charge in [0.2, 0.25) is 5.91 Å². The Balaban J connectivity index is 2.07. The van der Waals surface area contributed by atoms with Crippen molar-refractivity contribution in [2.45, 2.75) is 57.4 Å². The number of nitrogens with zero attached hydrogens (tertiary/aromatic N) is 2. The Morgan fingerprint density at radius 3 is 2.40 bits per heavy atom. The third-order valence-corrected chi connectivity index (χ3v) is 5.32. The Morgan fingerprint density at radius 1 is 1.20 bits per heavy atom. The quantitative estimate of drug-likeness (QED) is 0.803. The van der Waals surface area contributed by atoms with Crippen LogP contribution in [0.1, 0.15) is 51.4 Å². The van der Waals surface area contributed by atoms with E-state index >= 15 is 0 Å². The molecule has 0 spiro atoms. The van der Waals surface area contributed by atoms with Crippen LogP contribution in [0.2, 0.25) is 0 Å². The number of likely N-dealkylation sites (N-methyl/N-ethyl adjacent to an activating group) is 1. The highest BCUT2D eigenvalue weighted by molar-refractivity contribution is 5.83. The van der Waals surface area contributed by atoms with Crippen LogP contribution in [0.15, 0.2) is 0 Å². The van der Waals surface area contributed by atoms with Gasteiger partial charge in [-0.15, -0.1) is 0 Å². The summed E-state index contributed by atoms with van der Waals surface area (Å²) >= 11 is 0. The van der Waals surface area contributed by atoms with Crippen LogP contribution in [0, 0.1) is 5.41 Å². The van der Waals surface area contributed by atoms with Gasteiger partial charge in [-0.2, -0.15) is 0 Å². The van der Waals surface area contributed by atoms with E-state index in [2.05, 4.69) is 23.9 Å². The molecule has 20 heavy (non-hydrogen) atoms. The van der Waals surface area contributed by atoms with E-state index in [4.69, 9.17) is 5.73 Å². The van der Waals surface area contributed by atoms with Crippen molar-refractivity contribution in [1.82, 2.24) is 9.80 Å². The molecule has 0 radical (unpaired) electrons. The Hall–Kier alpha value is -0.610. The first-order valence-electron chi connectivity index (χ1n) is 8.25. The van der Waals surface area contributed by atoms with Crippen molar-refractivity contribution < 1.29 is 4.79 Å². The second-order valence-corrected chi connectivity index (χ2v) is 6.91. The topological polar surface area (TPSA) is 49.6 Å². The molecule has 2 N–H and O–H groups in total. The lowest BCUT2D eigenvalue weighted by molar-refractivity contribution is -0.144. The fourth-order valence-corrected chi connectivity index (χ4v) is 3.81. The third kappa shape index (κ3) is 3.34. The van der Waals surface area contributed by atoms with Crippen LogP contribution in [0.3, 0.4) is 0 Å². The Bertz CT molecular complexity index is 322. The second kappa shape index (κ2) is 6.90. The molecular weight excluding hydrogens is 250 g/mol. The molecule has 1 aliphatic heterocycles. The molecule has 1 heterocycles. The normalized spacial score (nSPS) is 27.4. The zero-order valence-electron chi connectivity index (χ0n) is 13.2. The molecule has 1 atom stereocenters. The SMILES string of the molecule is CN(C)C1CCCN(C(=O)C2(CN)CCCCCC2)C1. The van der Waals surface area contributed by atoms with Crippen molar-refractivity contribution in [3.8, 4) is 0 Å². The van der Waals surface area contributed by atoms with Gasteiger partial charge in [0.1, 0.15) is 0 Å².